The molecule has 2 atom stereocenters. The molecular weight excluding hydrogens is 296 g/mol. The largest absolute Gasteiger partial charge is 0.492 e. The summed E-state index contributed by atoms with van der Waals surface area (Å²) in [7, 11) is 1.87. The van der Waals surface area contributed by atoms with E-state index < -0.39 is 11.7 Å². The maximum atomic E-state index is 12.6. The summed E-state index contributed by atoms with van der Waals surface area (Å²) in [6, 6.07) is 7.14. The summed E-state index contributed by atoms with van der Waals surface area (Å²) in [5, 5.41) is 13.3. The monoisotopic (exact) mass is 320 g/mol. The summed E-state index contributed by atoms with van der Waals surface area (Å²) in [6.45, 7) is 2.82. The zero-order valence-electron chi connectivity index (χ0n) is 13.5. The van der Waals surface area contributed by atoms with E-state index in [2.05, 4.69) is 5.32 Å². The first-order valence-electron chi connectivity index (χ1n) is 8.13. The molecule has 0 unspecified atom stereocenters. The molecule has 23 heavy (non-hydrogen) atoms. The fraction of sp³-hybridized carbons (Fsp3) is 0.588. The molecule has 0 radical (unpaired) electrons. The van der Waals surface area contributed by atoms with Gasteiger partial charge >= 0.3 is 0 Å². The highest BCUT2D eigenvalue weighted by Crippen LogP contribution is 2.35. The number of nitrogens with one attached hydrogen (secondary N) is 1. The molecule has 1 amide bonds. The van der Waals surface area contributed by atoms with Crippen molar-refractivity contribution in [1.82, 2.24) is 10.2 Å². The van der Waals surface area contributed by atoms with Crippen LogP contribution in [0, 0.1) is 0 Å². The summed E-state index contributed by atoms with van der Waals surface area (Å²) in [5.74, 6) is 0.673. The van der Waals surface area contributed by atoms with Gasteiger partial charge < -0.3 is 24.8 Å². The lowest BCUT2D eigenvalue weighted by molar-refractivity contribution is -0.0590. The molecule has 2 aliphatic heterocycles. The predicted molar refractivity (Wildman–Crippen MR) is 85.7 cm³/mol. The Balaban J connectivity index is 1.62. The summed E-state index contributed by atoms with van der Waals surface area (Å²) in [5.41, 5.74) is 0.0551. The SMILES string of the molecule is CNCCOc1ccc(C(=O)N2C[C@H](O)[C@]3(CCCO3)C2)cc1. The molecule has 2 N–H and O–H groups in total. The van der Waals surface area contributed by atoms with Crippen LogP contribution in [0.15, 0.2) is 24.3 Å². The molecule has 6 nitrogen and oxygen atoms in total. The number of aliphatic hydroxyl groups excluding tert-OH is 1. The highest BCUT2D eigenvalue weighted by atomic mass is 16.5. The molecule has 0 aliphatic carbocycles. The average molecular weight is 320 g/mol. The van der Waals surface area contributed by atoms with Crippen LogP contribution >= 0.6 is 0 Å². The first-order valence-corrected chi connectivity index (χ1v) is 8.13. The number of hydrogen-bond donors (Lipinski definition) is 2. The van der Waals surface area contributed by atoms with Crippen molar-refractivity contribution in [1.29, 1.82) is 0 Å². The molecule has 1 spiro atoms. The minimum absolute atomic E-state index is 0.0711. The Hall–Kier alpha value is -1.63. The second-order valence-electron chi connectivity index (χ2n) is 6.19. The lowest BCUT2D eigenvalue weighted by atomic mass is 9.97. The van der Waals surface area contributed by atoms with Gasteiger partial charge in [-0.15, -0.1) is 0 Å². The number of carbonyl (C=O) groups excluding carboxylic acids is 1. The van der Waals surface area contributed by atoms with Crippen LogP contribution in [0.4, 0.5) is 0 Å². The molecule has 0 saturated carbocycles. The number of β-amino-alcohol motifs (C(OH)–C–C–N with tert-alkyl or cyclic N) is 1. The highest BCUT2D eigenvalue weighted by molar-refractivity contribution is 5.94. The molecule has 2 fully saturated rings. The van der Waals surface area contributed by atoms with Gasteiger partial charge in [-0.3, -0.25) is 4.79 Å². The van der Waals surface area contributed by atoms with Crippen LogP contribution in [0.1, 0.15) is 23.2 Å². The van der Waals surface area contributed by atoms with Gasteiger partial charge in [-0.1, -0.05) is 0 Å². The van der Waals surface area contributed by atoms with E-state index in [1.54, 1.807) is 29.2 Å². The Bertz CT molecular complexity index is 540. The lowest BCUT2D eigenvalue weighted by Gasteiger charge is -2.25. The fourth-order valence-electron chi connectivity index (χ4n) is 3.28. The van der Waals surface area contributed by atoms with Crippen molar-refractivity contribution in [2.45, 2.75) is 24.5 Å². The van der Waals surface area contributed by atoms with E-state index in [-0.39, 0.29) is 5.91 Å². The molecule has 2 heterocycles. The first-order chi connectivity index (χ1) is 11.1. The molecule has 2 saturated heterocycles. The highest BCUT2D eigenvalue weighted by Gasteiger charge is 2.50. The number of nitrogens with zero attached hydrogens (tertiary/aromatic N) is 1. The van der Waals surface area contributed by atoms with E-state index in [4.69, 9.17) is 9.47 Å². The summed E-state index contributed by atoms with van der Waals surface area (Å²) < 4.78 is 11.3. The van der Waals surface area contributed by atoms with Crippen molar-refractivity contribution in [3.8, 4) is 5.75 Å². The maximum absolute atomic E-state index is 12.6. The number of likely N-dealkylation sites (tertiary alicyclic amines) is 1. The van der Waals surface area contributed by atoms with Gasteiger partial charge in [-0.25, -0.2) is 0 Å². The Morgan fingerprint density at radius 3 is 2.91 bits per heavy atom. The second-order valence-corrected chi connectivity index (χ2v) is 6.19. The van der Waals surface area contributed by atoms with Crippen molar-refractivity contribution in [2.75, 3.05) is 39.9 Å². The average Bonchev–Trinajstić information content (AvgIpc) is 3.16. The van der Waals surface area contributed by atoms with Gasteiger partial charge in [-0.05, 0) is 44.2 Å². The van der Waals surface area contributed by atoms with E-state index in [0.29, 0.717) is 31.9 Å². The zero-order valence-corrected chi connectivity index (χ0v) is 13.5. The quantitative estimate of drug-likeness (QED) is 0.780. The van der Waals surface area contributed by atoms with Crippen molar-refractivity contribution < 1.29 is 19.4 Å². The second kappa shape index (κ2) is 6.86. The third kappa shape index (κ3) is 3.34. The van der Waals surface area contributed by atoms with Crippen LogP contribution in [-0.4, -0.2) is 67.5 Å². The molecule has 1 aromatic carbocycles. The van der Waals surface area contributed by atoms with Crippen LogP contribution < -0.4 is 10.1 Å². The number of carbonyl (C=O) groups is 1. The maximum Gasteiger partial charge on any atom is 0.254 e. The van der Waals surface area contributed by atoms with Gasteiger partial charge in [0.05, 0.1) is 6.54 Å². The molecule has 1 aromatic rings. The first kappa shape index (κ1) is 16.2. The minimum Gasteiger partial charge on any atom is -0.492 e. The standard InChI is InChI=1S/C17H24N2O4/c1-18-8-10-22-14-5-3-13(4-6-14)16(21)19-11-15(20)17(12-19)7-2-9-23-17/h3-6,15,18,20H,2,7-12H2,1H3/t15-,17-/m0/s1. The number of rotatable bonds is 5. The molecule has 3 rings (SSSR count). The van der Waals surface area contributed by atoms with Gasteiger partial charge in [-0.2, -0.15) is 0 Å². The topological polar surface area (TPSA) is 71.0 Å². The van der Waals surface area contributed by atoms with Crippen molar-refractivity contribution >= 4 is 5.91 Å². The van der Waals surface area contributed by atoms with Crippen LogP contribution in [0.25, 0.3) is 0 Å². The van der Waals surface area contributed by atoms with E-state index in [1.807, 2.05) is 7.05 Å². The molecule has 2 aliphatic rings. The smallest absolute Gasteiger partial charge is 0.254 e. The Kier molecular flexibility index (Phi) is 4.84. The third-order valence-electron chi connectivity index (χ3n) is 4.60. The van der Waals surface area contributed by atoms with Crippen LogP contribution in [0.3, 0.4) is 0 Å². The van der Waals surface area contributed by atoms with Crippen LogP contribution in [0.5, 0.6) is 5.75 Å². The zero-order chi connectivity index (χ0) is 16.3. The summed E-state index contributed by atoms with van der Waals surface area (Å²) >= 11 is 0. The van der Waals surface area contributed by atoms with Gasteiger partial charge in [0, 0.05) is 25.3 Å². The summed E-state index contributed by atoms with van der Waals surface area (Å²) in [4.78, 5) is 14.3. The van der Waals surface area contributed by atoms with Crippen LogP contribution in [-0.2, 0) is 4.74 Å². The number of benzene rings is 1. The van der Waals surface area contributed by atoms with E-state index in [0.717, 1.165) is 25.1 Å². The van der Waals surface area contributed by atoms with E-state index in [1.165, 1.54) is 0 Å². The Morgan fingerprint density at radius 1 is 1.48 bits per heavy atom. The number of hydrogen-bond acceptors (Lipinski definition) is 5. The predicted octanol–water partition coefficient (Wildman–Crippen LogP) is 0.651. The van der Waals surface area contributed by atoms with E-state index in [9.17, 15) is 9.90 Å². The lowest BCUT2D eigenvalue weighted by Crippen LogP contribution is -2.41. The van der Waals surface area contributed by atoms with Gasteiger partial charge in [0.25, 0.3) is 5.91 Å². The van der Waals surface area contributed by atoms with Crippen molar-refractivity contribution in [2.24, 2.45) is 0 Å². The van der Waals surface area contributed by atoms with Gasteiger partial charge in [0.15, 0.2) is 0 Å². The minimum atomic E-state index is -0.599. The molecule has 0 aromatic heterocycles. The number of likely N-dealkylation sites (N-methyl/N-ethyl adjacent to an activating group) is 1. The fourth-order valence-corrected chi connectivity index (χ4v) is 3.28. The van der Waals surface area contributed by atoms with Gasteiger partial charge in [0.2, 0.25) is 0 Å². The van der Waals surface area contributed by atoms with Crippen molar-refractivity contribution in [3.05, 3.63) is 29.8 Å². The Morgan fingerprint density at radius 2 is 2.26 bits per heavy atom. The van der Waals surface area contributed by atoms with Crippen LogP contribution in [0.2, 0.25) is 0 Å². The number of ether oxygens (including phenoxy) is 2. The number of aliphatic hydroxyl groups is 1. The third-order valence-corrected chi connectivity index (χ3v) is 4.60. The molecular formula is C17H24N2O4. The molecule has 0 bridgehead atoms. The molecule has 6 heteroatoms. The van der Waals surface area contributed by atoms with Crippen molar-refractivity contribution in [3.63, 3.8) is 0 Å². The van der Waals surface area contributed by atoms with Gasteiger partial charge in [0.1, 0.15) is 24.1 Å². The number of amides is 1. The Labute approximate surface area is 136 Å². The summed E-state index contributed by atoms with van der Waals surface area (Å²) in [6.07, 6.45) is 1.16. The van der Waals surface area contributed by atoms with E-state index >= 15 is 0 Å². The normalized spacial score (nSPS) is 26.9. The molecule has 126 valence electrons.